The van der Waals surface area contributed by atoms with Crippen LogP contribution in [0.5, 0.6) is 5.75 Å². The molecule has 1 aliphatic rings. The molecule has 27 heavy (non-hydrogen) atoms. The molecule has 0 fully saturated rings. The summed E-state index contributed by atoms with van der Waals surface area (Å²) in [5, 5.41) is 5.86. The molecule has 0 spiro atoms. The molecule has 0 aromatic heterocycles. The van der Waals surface area contributed by atoms with E-state index >= 15 is 0 Å². The van der Waals surface area contributed by atoms with Gasteiger partial charge in [-0.15, -0.1) is 0 Å². The summed E-state index contributed by atoms with van der Waals surface area (Å²) in [6.07, 6.45) is 0.360. The van der Waals surface area contributed by atoms with Crippen molar-refractivity contribution in [3.05, 3.63) is 53.1 Å². The lowest BCUT2D eigenvalue weighted by atomic mass is 9.83. The number of anilines is 2. The molecule has 1 unspecified atom stereocenters. The number of methoxy groups -OCH3 is 1. The number of ether oxygens (including phenoxy) is 1. The molecule has 1 heterocycles. The Morgan fingerprint density at radius 3 is 2.70 bits per heavy atom. The Bertz CT molecular complexity index is 877. The van der Waals surface area contributed by atoms with Crippen molar-refractivity contribution in [3.63, 3.8) is 0 Å². The third-order valence-corrected chi connectivity index (χ3v) is 4.68. The molecule has 6 heteroatoms. The Morgan fingerprint density at radius 1 is 1.26 bits per heavy atom. The van der Waals surface area contributed by atoms with Gasteiger partial charge in [0.2, 0.25) is 11.8 Å². The first-order valence-electron chi connectivity index (χ1n) is 8.91. The van der Waals surface area contributed by atoms with Crippen molar-refractivity contribution >= 4 is 23.2 Å². The first-order valence-corrected chi connectivity index (χ1v) is 8.91. The van der Waals surface area contributed by atoms with Gasteiger partial charge in [-0.3, -0.25) is 9.59 Å². The van der Waals surface area contributed by atoms with Gasteiger partial charge in [-0.05, 0) is 44.3 Å². The summed E-state index contributed by atoms with van der Waals surface area (Å²) in [7, 11) is 5.33. The van der Waals surface area contributed by atoms with Crippen LogP contribution in [0, 0.1) is 6.92 Å². The number of carbonyl (C=O) groups excluding carboxylic acids is 2. The third-order valence-electron chi connectivity index (χ3n) is 4.68. The van der Waals surface area contributed by atoms with E-state index < -0.39 is 0 Å². The zero-order chi connectivity index (χ0) is 19.6. The summed E-state index contributed by atoms with van der Waals surface area (Å²) < 4.78 is 5.50. The van der Waals surface area contributed by atoms with Gasteiger partial charge >= 0.3 is 0 Å². The largest absolute Gasteiger partial charge is 0.496 e. The minimum atomic E-state index is -0.0912. The number of rotatable bonds is 5. The number of nitrogens with zero attached hydrogens (tertiary/aromatic N) is 1. The van der Waals surface area contributed by atoms with Crippen LogP contribution in [0.4, 0.5) is 11.4 Å². The maximum Gasteiger partial charge on any atom is 0.238 e. The van der Waals surface area contributed by atoms with Crippen LogP contribution in [0.1, 0.15) is 29.0 Å². The van der Waals surface area contributed by atoms with Crippen LogP contribution >= 0.6 is 0 Å². The number of benzene rings is 2. The lowest BCUT2D eigenvalue weighted by molar-refractivity contribution is -0.117. The van der Waals surface area contributed by atoms with Crippen LogP contribution in [0.3, 0.4) is 0 Å². The highest BCUT2D eigenvalue weighted by atomic mass is 16.5. The molecular formula is C21H25N3O3. The summed E-state index contributed by atoms with van der Waals surface area (Å²) in [4.78, 5) is 26.3. The van der Waals surface area contributed by atoms with Crippen molar-refractivity contribution in [2.24, 2.45) is 0 Å². The van der Waals surface area contributed by atoms with Gasteiger partial charge in [0.15, 0.2) is 0 Å². The minimum absolute atomic E-state index is 0.0483. The lowest BCUT2D eigenvalue weighted by Gasteiger charge is -2.28. The van der Waals surface area contributed by atoms with Gasteiger partial charge in [0, 0.05) is 29.3 Å². The van der Waals surface area contributed by atoms with Crippen LogP contribution in [0.2, 0.25) is 0 Å². The third kappa shape index (κ3) is 4.11. The van der Waals surface area contributed by atoms with E-state index in [0.29, 0.717) is 18.7 Å². The summed E-state index contributed by atoms with van der Waals surface area (Å²) in [6.45, 7) is 2.26. The number of aryl methyl sites for hydroxylation is 1. The molecule has 0 radical (unpaired) electrons. The molecule has 2 aromatic carbocycles. The van der Waals surface area contributed by atoms with Gasteiger partial charge in [-0.1, -0.05) is 24.3 Å². The number of carbonyl (C=O) groups is 2. The molecular weight excluding hydrogens is 342 g/mol. The average molecular weight is 367 g/mol. The summed E-state index contributed by atoms with van der Waals surface area (Å²) in [5.41, 5.74) is 4.41. The number of fused-ring (bicyclic) bond motifs is 1. The number of amides is 2. The highest BCUT2D eigenvalue weighted by molar-refractivity contribution is 5.98. The van der Waals surface area contributed by atoms with E-state index in [-0.39, 0.29) is 17.7 Å². The van der Waals surface area contributed by atoms with E-state index in [1.807, 2.05) is 62.3 Å². The van der Waals surface area contributed by atoms with Crippen LogP contribution in [0.25, 0.3) is 0 Å². The quantitative estimate of drug-likeness (QED) is 0.852. The molecule has 2 N–H and O–H groups in total. The molecule has 0 bridgehead atoms. The Balaban J connectivity index is 1.99. The van der Waals surface area contributed by atoms with E-state index in [1.165, 1.54) is 0 Å². The van der Waals surface area contributed by atoms with Crippen molar-refractivity contribution in [1.29, 1.82) is 0 Å². The van der Waals surface area contributed by atoms with Crippen LogP contribution < -0.4 is 15.4 Å². The van der Waals surface area contributed by atoms with Crippen molar-refractivity contribution in [1.82, 2.24) is 4.90 Å². The average Bonchev–Trinajstić information content (AvgIpc) is 2.61. The Hall–Kier alpha value is -2.86. The molecule has 1 aliphatic heterocycles. The summed E-state index contributed by atoms with van der Waals surface area (Å²) in [6, 6.07) is 11.7. The maximum atomic E-state index is 12.3. The predicted molar refractivity (Wildman–Crippen MR) is 106 cm³/mol. The van der Waals surface area contributed by atoms with Gasteiger partial charge in [0.05, 0.1) is 13.7 Å². The second kappa shape index (κ2) is 7.80. The summed E-state index contributed by atoms with van der Waals surface area (Å²) >= 11 is 0. The fourth-order valence-corrected chi connectivity index (χ4v) is 3.47. The number of hydrogen-bond acceptors (Lipinski definition) is 4. The second-order valence-corrected chi connectivity index (χ2v) is 7.09. The van der Waals surface area contributed by atoms with Gasteiger partial charge in [-0.2, -0.15) is 0 Å². The molecule has 0 saturated carbocycles. The number of likely N-dealkylation sites (N-methyl/N-ethyl adjacent to an activating group) is 1. The predicted octanol–water partition coefficient (Wildman–Crippen LogP) is 2.98. The molecule has 1 atom stereocenters. The molecule has 3 rings (SSSR count). The normalized spacial score (nSPS) is 15.9. The van der Waals surface area contributed by atoms with Crippen LogP contribution in [-0.2, 0) is 9.59 Å². The molecule has 6 nitrogen and oxygen atoms in total. The Kier molecular flexibility index (Phi) is 5.46. The lowest BCUT2D eigenvalue weighted by Crippen LogP contribution is -2.28. The monoisotopic (exact) mass is 367 g/mol. The van der Waals surface area contributed by atoms with Gasteiger partial charge in [0.1, 0.15) is 5.75 Å². The van der Waals surface area contributed by atoms with Crippen LogP contribution in [0.15, 0.2) is 36.4 Å². The van der Waals surface area contributed by atoms with E-state index in [4.69, 9.17) is 4.74 Å². The fraction of sp³-hybridized carbons (Fsp3) is 0.333. The fourth-order valence-electron chi connectivity index (χ4n) is 3.47. The maximum absolute atomic E-state index is 12.3. The molecule has 142 valence electrons. The van der Waals surface area contributed by atoms with Crippen LogP contribution in [-0.4, -0.2) is 44.5 Å². The van der Waals surface area contributed by atoms with Crippen molar-refractivity contribution in [3.8, 4) is 5.75 Å². The van der Waals surface area contributed by atoms with E-state index in [9.17, 15) is 9.59 Å². The zero-order valence-corrected chi connectivity index (χ0v) is 16.1. The minimum Gasteiger partial charge on any atom is -0.496 e. The smallest absolute Gasteiger partial charge is 0.238 e. The van der Waals surface area contributed by atoms with E-state index in [0.717, 1.165) is 28.1 Å². The standard InChI is InChI=1S/C21H25N3O3/c1-13-9-16-15(14-7-5-6-8-19(14)27-4)10-20(25)23-18(16)11-17(13)22-21(26)12-24(2)3/h5-9,11,15H,10,12H2,1-4H3,(H,22,26)(H,23,25). The Labute approximate surface area is 159 Å². The molecule has 2 aromatic rings. The molecule has 2 amide bonds. The summed E-state index contributed by atoms with van der Waals surface area (Å²) in [5.74, 6) is 0.540. The van der Waals surface area contributed by atoms with E-state index in [2.05, 4.69) is 10.6 Å². The number of hydrogen-bond donors (Lipinski definition) is 2. The first-order chi connectivity index (χ1) is 12.9. The Morgan fingerprint density at radius 2 is 2.00 bits per heavy atom. The highest BCUT2D eigenvalue weighted by Crippen LogP contribution is 2.42. The van der Waals surface area contributed by atoms with E-state index in [1.54, 1.807) is 7.11 Å². The van der Waals surface area contributed by atoms with Crippen molar-refractivity contribution < 1.29 is 14.3 Å². The topological polar surface area (TPSA) is 70.7 Å². The second-order valence-electron chi connectivity index (χ2n) is 7.09. The van der Waals surface area contributed by atoms with Crippen molar-refractivity contribution in [2.45, 2.75) is 19.3 Å². The zero-order valence-electron chi connectivity index (χ0n) is 16.1. The van der Waals surface area contributed by atoms with Gasteiger partial charge in [-0.25, -0.2) is 0 Å². The SMILES string of the molecule is COc1ccccc1C1CC(=O)Nc2cc(NC(=O)CN(C)C)c(C)cc21. The van der Waals surface area contributed by atoms with Gasteiger partial charge < -0.3 is 20.3 Å². The van der Waals surface area contributed by atoms with Crippen molar-refractivity contribution in [2.75, 3.05) is 38.4 Å². The number of para-hydroxylation sites is 1. The first kappa shape index (κ1) is 18.9. The highest BCUT2D eigenvalue weighted by Gasteiger charge is 2.29. The molecule has 0 saturated heterocycles. The number of nitrogens with one attached hydrogen (secondary N) is 2. The molecule has 0 aliphatic carbocycles. The van der Waals surface area contributed by atoms with Gasteiger partial charge in [0.25, 0.3) is 0 Å².